The minimum Gasteiger partial charge on any atom is -0.337 e. The molecule has 0 saturated heterocycles. The predicted octanol–water partition coefficient (Wildman–Crippen LogP) is 8.51. The smallest absolute Gasteiger partial charge is 0.139 e. The first-order valence-electron chi connectivity index (χ1n) is 10.7. The lowest BCUT2D eigenvalue weighted by Crippen LogP contribution is -1.89. The Bertz CT molecular complexity index is 1560. The molecular formula is C29H18ClFN2. The maximum Gasteiger partial charge on any atom is 0.139 e. The molecule has 0 radical (unpaired) electrons. The van der Waals surface area contributed by atoms with E-state index in [-0.39, 0.29) is 5.82 Å². The van der Waals surface area contributed by atoms with Gasteiger partial charge in [-0.2, -0.15) is 0 Å². The van der Waals surface area contributed by atoms with Crippen LogP contribution >= 0.6 is 11.6 Å². The van der Waals surface area contributed by atoms with Crippen molar-refractivity contribution < 1.29 is 4.39 Å². The molecule has 158 valence electrons. The Morgan fingerprint density at radius 2 is 1.15 bits per heavy atom. The zero-order chi connectivity index (χ0) is 22.4. The number of imidazole rings is 1. The number of hydrogen-bond acceptors (Lipinski definition) is 1. The van der Waals surface area contributed by atoms with Crippen LogP contribution in [0, 0.1) is 5.82 Å². The Morgan fingerprint density at radius 1 is 0.606 bits per heavy atom. The molecular weight excluding hydrogens is 431 g/mol. The van der Waals surface area contributed by atoms with Crippen molar-refractivity contribution in [3.63, 3.8) is 0 Å². The summed E-state index contributed by atoms with van der Waals surface area (Å²) in [6, 6.07) is 32.8. The van der Waals surface area contributed by atoms with Gasteiger partial charge < -0.3 is 4.98 Å². The quantitative estimate of drug-likeness (QED) is 0.270. The maximum absolute atomic E-state index is 13.6. The molecule has 2 nitrogen and oxygen atoms in total. The number of hydrogen-bond donors (Lipinski definition) is 1. The average molecular weight is 449 g/mol. The van der Waals surface area contributed by atoms with Crippen molar-refractivity contribution in [2.75, 3.05) is 0 Å². The summed E-state index contributed by atoms with van der Waals surface area (Å²) in [6.45, 7) is 0. The molecule has 1 N–H and O–H groups in total. The molecule has 0 aliphatic rings. The van der Waals surface area contributed by atoms with Crippen LogP contribution in [0.3, 0.4) is 0 Å². The van der Waals surface area contributed by atoms with Crippen LogP contribution in [0.4, 0.5) is 4.39 Å². The summed E-state index contributed by atoms with van der Waals surface area (Å²) in [5.41, 5.74) is 4.52. The number of halogens is 2. The fourth-order valence-corrected chi connectivity index (χ4v) is 4.78. The zero-order valence-corrected chi connectivity index (χ0v) is 18.3. The van der Waals surface area contributed by atoms with Crippen molar-refractivity contribution >= 4 is 33.1 Å². The number of nitrogens with one attached hydrogen (secondary N) is 1. The Kier molecular flexibility index (Phi) is 4.70. The summed E-state index contributed by atoms with van der Waals surface area (Å²) in [4.78, 5) is 8.65. The Morgan fingerprint density at radius 3 is 1.76 bits per heavy atom. The molecule has 0 fully saturated rings. The van der Waals surface area contributed by atoms with E-state index in [0.29, 0.717) is 0 Å². The summed E-state index contributed by atoms with van der Waals surface area (Å²) in [5.74, 6) is 0.478. The van der Waals surface area contributed by atoms with E-state index in [1.54, 1.807) is 12.1 Å². The average Bonchev–Trinajstić information content (AvgIpc) is 3.30. The van der Waals surface area contributed by atoms with Crippen molar-refractivity contribution in [2.24, 2.45) is 0 Å². The predicted molar refractivity (Wildman–Crippen MR) is 135 cm³/mol. The molecule has 0 atom stereocenters. The van der Waals surface area contributed by atoms with Gasteiger partial charge in [-0.15, -0.1) is 0 Å². The van der Waals surface area contributed by atoms with Gasteiger partial charge in [-0.05, 0) is 35.0 Å². The molecule has 5 aromatic carbocycles. The van der Waals surface area contributed by atoms with E-state index in [1.165, 1.54) is 12.1 Å². The summed E-state index contributed by atoms with van der Waals surface area (Å²) in [7, 11) is 0. The van der Waals surface area contributed by atoms with E-state index in [2.05, 4.69) is 17.1 Å². The lowest BCUT2D eigenvalue weighted by molar-refractivity contribution is 0.628. The van der Waals surface area contributed by atoms with Gasteiger partial charge in [0.2, 0.25) is 0 Å². The second-order valence-electron chi connectivity index (χ2n) is 7.96. The maximum atomic E-state index is 13.6. The van der Waals surface area contributed by atoms with Crippen LogP contribution in [0.25, 0.3) is 55.4 Å². The third-order valence-corrected chi connectivity index (χ3v) is 6.39. The largest absolute Gasteiger partial charge is 0.337 e. The minimum absolute atomic E-state index is 0.269. The SMILES string of the molecule is Fc1ccc(-c2[nH]c(-c3c4ccccc4c(Cl)c4ccccc34)nc2-c2ccccc2)cc1. The molecule has 0 spiro atoms. The molecule has 6 aromatic rings. The monoisotopic (exact) mass is 448 g/mol. The Hall–Kier alpha value is -3.95. The summed E-state index contributed by atoms with van der Waals surface area (Å²) < 4.78 is 13.6. The molecule has 4 heteroatoms. The molecule has 0 bridgehead atoms. The zero-order valence-electron chi connectivity index (χ0n) is 17.5. The third kappa shape index (κ3) is 3.29. The van der Waals surface area contributed by atoms with Crippen LogP contribution in [0.5, 0.6) is 0 Å². The number of benzene rings is 5. The standard InChI is InChI=1S/C29H18ClFN2/c30-26-23-12-6-4-10-21(23)25(22-11-5-7-13-24(22)26)29-32-27(18-8-2-1-3-9-18)28(33-29)19-14-16-20(31)17-15-19/h1-17H,(H,32,33). The van der Waals surface area contributed by atoms with Gasteiger partial charge >= 0.3 is 0 Å². The van der Waals surface area contributed by atoms with E-state index >= 15 is 0 Å². The molecule has 0 unspecified atom stereocenters. The third-order valence-electron chi connectivity index (χ3n) is 5.99. The van der Waals surface area contributed by atoms with Crippen LogP contribution in [-0.4, -0.2) is 9.97 Å². The molecule has 0 aliphatic heterocycles. The number of aromatic amines is 1. The van der Waals surface area contributed by atoms with E-state index in [9.17, 15) is 4.39 Å². The van der Waals surface area contributed by atoms with Gasteiger partial charge in [0, 0.05) is 27.5 Å². The number of nitrogens with zero attached hydrogens (tertiary/aromatic N) is 1. The molecule has 6 rings (SSSR count). The van der Waals surface area contributed by atoms with Crippen LogP contribution < -0.4 is 0 Å². The van der Waals surface area contributed by atoms with Gasteiger partial charge in [0.25, 0.3) is 0 Å². The Balaban J connectivity index is 1.70. The van der Waals surface area contributed by atoms with Gasteiger partial charge in [0.05, 0.1) is 16.4 Å². The van der Waals surface area contributed by atoms with Gasteiger partial charge in [-0.3, -0.25) is 0 Å². The summed E-state index contributed by atoms with van der Waals surface area (Å²) >= 11 is 6.81. The summed E-state index contributed by atoms with van der Waals surface area (Å²) in [5, 5.41) is 4.75. The molecule has 1 heterocycles. The lowest BCUT2D eigenvalue weighted by Gasteiger charge is -2.12. The first-order chi connectivity index (χ1) is 16.2. The Labute approximate surface area is 195 Å². The van der Waals surface area contributed by atoms with Crippen LogP contribution in [0.1, 0.15) is 0 Å². The van der Waals surface area contributed by atoms with Gasteiger partial charge in [-0.25, -0.2) is 9.37 Å². The summed E-state index contributed by atoms with van der Waals surface area (Å²) in [6.07, 6.45) is 0. The normalized spacial score (nSPS) is 11.3. The van der Waals surface area contributed by atoms with E-state index < -0.39 is 0 Å². The van der Waals surface area contributed by atoms with Crippen molar-refractivity contribution in [3.8, 4) is 33.9 Å². The van der Waals surface area contributed by atoms with E-state index in [4.69, 9.17) is 16.6 Å². The van der Waals surface area contributed by atoms with E-state index in [1.807, 2.05) is 66.7 Å². The molecule has 1 aromatic heterocycles. The number of aromatic nitrogens is 2. The van der Waals surface area contributed by atoms with Crippen LogP contribution in [0.2, 0.25) is 5.02 Å². The number of fused-ring (bicyclic) bond motifs is 2. The minimum atomic E-state index is -0.269. The first-order valence-corrected chi connectivity index (χ1v) is 11.1. The topological polar surface area (TPSA) is 28.7 Å². The molecule has 0 saturated carbocycles. The second kappa shape index (κ2) is 7.88. The van der Waals surface area contributed by atoms with Crippen molar-refractivity contribution in [3.05, 3.63) is 114 Å². The lowest BCUT2D eigenvalue weighted by atomic mass is 9.96. The van der Waals surface area contributed by atoms with Gasteiger partial charge in [0.1, 0.15) is 11.6 Å². The highest BCUT2D eigenvalue weighted by Gasteiger charge is 2.20. The molecule has 0 aliphatic carbocycles. The fraction of sp³-hybridized carbons (Fsp3) is 0. The van der Waals surface area contributed by atoms with E-state index in [0.717, 1.165) is 60.5 Å². The molecule has 33 heavy (non-hydrogen) atoms. The van der Waals surface area contributed by atoms with Gasteiger partial charge in [-0.1, -0.05) is 90.5 Å². The van der Waals surface area contributed by atoms with Crippen molar-refractivity contribution in [1.29, 1.82) is 0 Å². The van der Waals surface area contributed by atoms with Crippen molar-refractivity contribution in [1.82, 2.24) is 9.97 Å². The first kappa shape index (κ1) is 19.7. The fourth-order valence-electron chi connectivity index (χ4n) is 4.45. The van der Waals surface area contributed by atoms with Crippen molar-refractivity contribution in [2.45, 2.75) is 0 Å². The highest BCUT2D eigenvalue weighted by atomic mass is 35.5. The van der Waals surface area contributed by atoms with Gasteiger partial charge in [0.15, 0.2) is 0 Å². The highest BCUT2D eigenvalue weighted by Crippen LogP contribution is 2.42. The second-order valence-corrected chi connectivity index (χ2v) is 8.34. The van der Waals surface area contributed by atoms with Crippen LogP contribution in [0.15, 0.2) is 103 Å². The number of H-pyrrole nitrogens is 1. The highest BCUT2D eigenvalue weighted by molar-refractivity contribution is 6.42. The van der Waals surface area contributed by atoms with Crippen LogP contribution in [-0.2, 0) is 0 Å². The number of rotatable bonds is 3. The molecule has 0 amide bonds.